The summed E-state index contributed by atoms with van der Waals surface area (Å²) in [5, 5.41) is 11.3. The predicted molar refractivity (Wildman–Crippen MR) is 96.0 cm³/mol. The predicted octanol–water partition coefficient (Wildman–Crippen LogP) is 4.55. The van der Waals surface area contributed by atoms with Crippen molar-refractivity contribution in [3.63, 3.8) is 0 Å². The van der Waals surface area contributed by atoms with Gasteiger partial charge in [-0.05, 0) is 46.2 Å². The molecular weight excluding hydrogens is 300 g/mol. The molecule has 0 spiro atoms. The number of benzene rings is 2. The Kier molecular flexibility index (Phi) is 4.04. The number of rotatable bonds is 3. The molecule has 0 heterocycles. The number of ketones is 1. The SMILES string of the molecule is Cc1cc2ccccc2c(C2=CC(C)(C)CCC2=O)c1CC(=O)O. The molecule has 0 atom stereocenters. The van der Waals surface area contributed by atoms with Crippen LogP contribution in [0.3, 0.4) is 0 Å². The van der Waals surface area contributed by atoms with Gasteiger partial charge in [0.2, 0.25) is 0 Å². The Balaban J connectivity index is 2.37. The first-order chi connectivity index (χ1) is 11.3. The van der Waals surface area contributed by atoms with Crippen LogP contribution in [0.1, 0.15) is 43.4 Å². The minimum Gasteiger partial charge on any atom is -0.481 e. The molecule has 24 heavy (non-hydrogen) atoms. The summed E-state index contributed by atoms with van der Waals surface area (Å²) in [5.74, 6) is -0.769. The van der Waals surface area contributed by atoms with E-state index in [4.69, 9.17) is 0 Å². The van der Waals surface area contributed by atoms with Crippen LogP contribution in [0.4, 0.5) is 0 Å². The third-order valence-corrected chi connectivity index (χ3v) is 4.81. The number of carbonyl (C=O) groups excluding carboxylic acids is 1. The van der Waals surface area contributed by atoms with Gasteiger partial charge >= 0.3 is 5.97 Å². The van der Waals surface area contributed by atoms with Gasteiger partial charge < -0.3 is 5.11 Å². The van der Waals surface area contributed by atoms with E-state index in [2.05, 4.69) is 13.8 Å². The quantitative estimate of drug-likeness (QED) is 0.902. The molecule has 3 heteroatoms. The maximum atomic E-state index is 12.7. The molecule has 0 saturated heterocycles. The van der Waals surface area contributed by atoms with Crippen molar-refractivity contribution in [3.8, 4) is 0 Å². The third kappa shape index (κ3) is 2.99. The normalized spacial score (nSPS) is 17.0. The highest BCUT2D eigenvalue weighted by atomic mass is 16.4. The van der Waals surface area contributed by atoms with Crippen LogP contribution in [-0.4, -0.2) is 16.9 Å². The molecule has 0 fully saturated rings. The number of fused-ring (bicyclic) bond motifs is 1. The molecule has 0 radical (unpaired) electrons. The van der Waals surface area contributed by atoms with Crippen molar-refractivity contribution in [3.05, 3.63) is 53.1 Å². The Morgan fingerprint density at radius 2 is 1.96 bits per heavy atom. The Hall–Kier alpha value is -2.42. The minimum absolute atomic E-state index is 0.0609. The highest BCUT2D eigenvalue weighted by Gasteiger charge is 2.29. The number of carbonyl (C=O) groups is 2. The van der Waals surface area contributed by atoms with Gasteiger partial charge in [-0.3, -0.25) is 9.59 Å². The number of Topliss-reactive ketones (excluding diaryl/α,β-unsaturated/α-hetero) is 1. The van der Waals surface area contributed by atoms with Gasteiger partial charge in [-0.15, -0.1) is 0 Å². The molecule has 2 aromatic rings. The molecule has 0 saturated carbocycles. The summed E-state index contributed by atoms with van der Waals surface area (Å²) in [6.45, 7) is 6.16. The van der Waals surface area contributed by atoms with Gasteiger partial charge in [-0.1, -0.05) is 50.3 Å². The summed E-state index contributed by atoms with van der Waals surface area (Å²) < 4.78 is 0. The summed E-state index contributed by atoms with van der Waals surface area (Å²) >= 11 is 0. The lowest BCUT2D eigenvalue weighted by Crippen LogP contribution is -2.20. The van der Waals surface area contributed by atoms with Gasteiger partial charge in [0.05, 0.1) is 6.42 Å². The molecule has 0 aromatic heterocycles. The van der Waals surface area contributed by atoms with Crippen molar-refractivity contribution in [2.24, 2.45) is 5.41 Å². The van der Waals surface area contributed by atoms with Gasteiger partial charge in [0.1, 0.15) is 0 Å². The molecule has 3 rings (SSSR count). The van der Waals surface area contributed by atoms with E-state index in [9.17, 15) is 14.7 Å². The smallest absolute Gasteiger partial charge is 0.307 e. The summed E-state index contributed by atoms with van der Waals surface area (Å²) in [6, 6.07) is 9.89. The van der Waals surface area contributed by atoms with Gasteiger partial charge in [-0.25, -0.2) is 0 Å². The topological polar surface area (TPSA) is 54.4 Å². The van der Waals surface area contributed by atoms with E-state index in [1.165, 1.54) is 0 Å². The molecular formula is C21H22O3. The molecule has 2 aromatic carbocycles. The molecule has 124 valence electrons. The van der Waals surface area contributed by atoms with E-state index >= 15 is 0 Å². The first-order valence-corrected chi connectivity index (χ1v) is 8.28. The first kappa shape index (κ1) is 16.4. The van der Waals surface area contributed by atoms with E-state index in [1.54, 1.807) is 0 Å². The van der Waals surface area contributed by atoms with Gasteiger partial charge in [0.15, 0.2) is 5.78 Å². The number of carboxylic acids is 1. The molecule has 0 amide bonds. The van der Waals surface area contributed by atoms with Gasteiger partial charge in [-0.2, -0.15) is 0 Å². The average Bonchev–Trinajstić information content (AvgIpc) is 2.50. The Bertz CT molecular complexity index is 872. The Labute approximate surface area is 142 Å². The Morgan fingerprint density at radius 1 is 1.25 bits per heavy atom. The molecule has 0 unspecified atom stereocenters. The number of aliphatic carboxylic acids is 1. The largest absolute Gasteiger partial charge is 0.481 e. The van der Waals surface area contributed by atoms with E-state index in [1.807, 2.05) is 43.3 Å². The fraction of sp³-hybridized carbons (Fsp3) is 0.333. The fourth-order valence-electron chi connectivity index (χ4n) is 3.54. The summed E-state index contributed by atoms with van der Waals surface area (Å²) in [5.41, 5.74) is 3.10. The van der Waals surface area contributed by atoms with Crippen molar-refractivity contribution in [2.45, 2.75) is 40.0 Å². The van der Waals surface area contributed by atoms with Crippen molar-refractivity contribution >= 4 is 28.1 Å². The van der Waals surface area contributed by atoms with Crippen LogP contribution in [0, 0.1) is 12.3 Å². The number of aryl methyl sites for hydroxylation is 1. The molecule has 1 aliphatic rings. The number of hydrogen-bond acceptors (Lipinski definition) is 2. The minimum atomic E-state index is -0.877. The van der Waals surface area contributed by atoms with Crippen LogP contribution in [0.5, 0.6) is 0 Å². The molecule has 0 bridgehead atoms. The zero-order valence-electron chi connectivity index (χ0n) is 14.3. The fourth-order valence-corrected chi connectivity index (χ4v) is 3.54. The first-order valence-electron chi connectivity index (χ1n) is 8.28. The van der Waals surface area contributed by atoms with Crippen LogP contribution in [-0.2, 0) is 16.0 Å². The van der Waals surface area contributed by atoms with E-state index in [0.29, 0.717) is 12.0 Å². The van der Waals surface area contributed by atoms with Gasteiger partial charge in [0, 0.05) is 12.0 Å². The summed E-state index contributed by atoms with van der Waals surface area (Å²) in [4.78, 5) is 24.1. The third-order valence-electron chi connectivity index (χ3n) is 4.81. The molecule has 1 aliphatic carbocycles. The second-order valence-electron chi connectivity index (χ2n) is 7.31. The zero-order valence-corrected chi connectivity index (χ0v) is 14.3. The standard InChI is InChI=1S/C21H22O3/c1-13-10-14-6-4-5-7-15(14)20(16(13)11-19(23)24)17-12-21(2,3)9-8-18(17)22/h4-7,10,12H,8-9,11H2,1-3H3,(H,23,24). The van der Waals surface area contributed by atoms with Crippen molar-refractivity contribution in [1.82, 2.24) is 0 Å². The van der Waals surface area contributed by atoms with Crippen molar-refractivity contribution in [1.29, 1.82) is 0 Å². The average molecular weight is 322 g/mol. The van der Waals surface area contributed by atoms with E-state index in [0.717, 1.165) is 33.9 Å². The summed E-state index contributed by atoms with van der Waals surface area (Å²) in [7, 11) is 0. The lowest BCUT2D eigenvalue weighted by atomic mass is 9.75. The second-order valence-corrected chi connectivity index (χ2v) is 7.31. The lowest BCUT2D eigenvalue weighted by molar-refractivity contribution is -0.136. The zero-order chi connectivity index (χ0) is 17.5. The molecule has 0 aliphatic heterocycles. The summed E-state index contributed by atoms with van der Waals surface area (Å²) in [6.07, 6.45) is 3.30. The highest BCUT2D eigenvalue weighted by Crippen LogP contribution is 2.40. The highest BCUT2D eigenvalue weighted by molar-refractivity contribution is 6.25. The van der Waals surface area contributed by atoms with Crippen LogP contribution >= 0.6 is 0 Å². The van der Waals surface area contributed by atoms with Gasteiger partial charge in [0.25, 0.3) is 0 Å². The molecule has 3 nitrogen and oxygen atoms in total. The number of allylic oxidation sites excluding steroid dienone is 2. The second kappa shape index (κ2) is 5.90. The number of carboxylic acid groups (broad SMARTS) is 1. The molecule has 1 N–H and O–H groups in total. The lowest BCUT2D eigenvalue weighted by Gasteiger charge is -2.28. The monoisotopic (exact) mass is 322 g/mol. The van der Waals surface area contributed by atoms with Crippen molar-refractivity contribution < 1.29 is 14.7 Å². The number of hydrogen-bond donors (Lipinski definition) is 1. The Morgan fingerprint density at radius 3 is 2.67 bits per heavy atom. The van der Waals surface area contributed by atoms with Crippen LogP contribution < -0.4 is 0 Å². The van der Waals surface area contributed by atoms with Crippen LogP contribution in [0.15, 0.2) is 36.4 Å². The van der Waals surface area contributed by atoms with Crippen molar-refractivity contribution in [2.75, 3.05) is 0 Å². The van der Waals surface area contributed by atoms with Crippen LogP contribution in [0.2, 0.25) is 0 Å². The van der Waals surface area contributed by atoms with E-state index < -0.39 is 5.97 Å². The maximum Gasteiger partial charge on any atom is 0.307 e. The maximum absolute atomic E-state index is 12.7. The van der Waals surface area contributed by atoms with E-state index in [-0.39, 0.29) is 17.6 Å². The van der Waals surface area contributed by atoms with Crippen LogP contribution in [0.25, 0.3) is 16.3 Å².